The van der Waals surface area contributed by atoms with E-state index in [2.05, 4.69) is 4.74 Å². The number of ketones is 1. The second kappa shape index (κ2) is 4.18. The Bertz CT molecular complexity index is 506. The maximum Gasteiger partial charge on any atom is 0.313 e. The zero-order chi connectivity index (χ0) is 11.5. The number of Topliss-reactive ketones (excluding diaryl/α,β-unsaturated/α-hetero) is 1. The molecule has 4 heteroatoms. The second-order valence-corrected chi connectivity index (χ2v) is 3.32. The summed E-state index contributed by atoms with van der Waals surface area (Å²) in [5.41, 5.74) is 0.635. The van der Waals surface area contributed by atoms with Gasteiger partial charge in [-0.2, -0.15) is 0 Å². The van der Waals surface area contributed by atoms with E-state index in [0.29, 0.717) is 5.58 Å². The maximum absolute atomic E-state index is 11.6. The molecule has 0 radical (unpaired) electrons. The highest BCUT2D eigenvalue weighted by molar-refractivity contribution is 6.06. The molecule has 0 atom stereocenters. The van der Waals surface area contributed by atoms with Gasteiger partial charge in [0, 0.05) is 5.39 Å². The number of carbonyl (C=O) groups excluding carboxylic acids is 2. The molecule has 2 aromatic rings. The number of furan rings is 1. The fourth-order valence-electron chi connectivity index (χ4n) is 1.41. The minimum atomic E-state index is -0.564. The monoisotopic (exact) mass is 218 g/mol. The van der Waals surface area contributed by atoms with Gasteiger partial charge < -0.3 is 9.15 Å². The summed E-state index contributed by atoms with van der Waals surface area (Å²) in [5, 5.41) is 0.843. The smallest absolute Gasteiger partial charge is 0.313 e. The molecule has 0 spiro atoms. The van der Waals surface area contributed by atoms with Gasteiger partial charge in [0.2, 0.25) is 5.78 Å². The number of para-hydroxylation sites is 1. The summed E-state index contributed by atoms with van der Waals surface area (Å²) in [7, 11) is 1.24. The van der Waals surface area contributed by atoms with Gasteiger partial charge in [0.25, 0.3) is 0 Å². The van der Waals surface area contributed by atoms with Gasteiger partial charge in [-0.25, -0.2) is 0 Å². The Labute approximate surface area is 91.8 Å². The lowest BCUT2D eigenvalue weighted by Gasteiger charge is -1.95. The number of hydrogen-bond donors (Lipinski definition) is 0. The van der Waals surface area contributed by atoms with E-state index in [9.17, 15) is 9.59 Å². The first-order valence-electron chi connectivity index (χ1n) is 4.79. The summed E-state index contributed by atoms with van der Waals surface area (Å²) < 4.78 is 9.73. The molecular formula is C12H10O4. The number of rotatable bonds is 3. The standard InChI is InChI=1S/C12H10O4/c1-15-12(14)7-9(13)11-6-8-4-2-3-5-10(8)16-11/h2-6H,7H2,1H3. The van der Waals surface area contributed by atoms with Crippen LogP contribution in [-0.4, -0.2) is 18.9 Å². The van der Waals surface area contributed by atoms with E-state index >= 15 is 0 Å². The summed E-state index contributed by atoms with van der Waals surface area (Å²) in [6.07, 6.45) is -0.295. The molecule has 0 aliphatic heterocycles. The lowest BCUT2D eigenvalue weighted by molar-refractivity contribution is -0.139. The van der Waals surface area contributed by atoms with Crippen molar-refractivity contribution in [1.82, 2.24) is 0 Å². The molecule has 1 aromatic carbocycles. The molecule has 0 aliphatic rings. The zero-order valence-electron chi connectivity index (χ0n) is 8.73. The Morgan fingerprint density at radius 3 is 2.75 bits per heavy atom. The van der Waals surface area contributed by atoms with Crippen molar-refractivity contribution in [1.29, 1.82) is 0 Å². The molecular weight excluding hydrogens is 208 g/mol. The van der Waals surface area contributed by atoms with E-state index < -0.39 is 5.97 Å². The van der Waals surface area contributed by atoms with Crippen molar-refractivity contribution in [3.8, 4) is 0 Å². The molecule has 1 heterocycles. The number of esters is 1. The van der Waals surface area contributed by atoms with E-state index in [1.54, 1.807) is 12.1 Å². The third-order valence-corrected chi connectivity index (χ3v) is 2.23. The third-order valence-electron chi connectivity index (χ3n) is 2.23. The van der Waals surface area contributed by atoms with Crippen LogP contribution in [0.2, 0.25) is 0 Å². The van der Waals surface area contributed by atoms with E-state index in [4.69, 9.17) is 4.42 Å². The van der Waals surface area contributed by atoms with Crippen LogP contribution in [0.5, 0.6) is 0 Å². The van der Waals surface area contributed by atoms with Gasteiger partial charge >= 0.3 is 5.97 Å². The first-order valence-corrected chi connectivity index (χ1v) is 4.79. The van der Waals surface area contributed by atoms with E-state index in [1.807, 2.05) is 18.2 Å². The summed E-state index contributed by atoms with van der Waals surface area (Å²) in [5.74, 6) is -0.750. The van der Waals surface area contributed by atoms with Crippen LogP contribution in [0.15, 0.2) is 34.7 Å². The van der Waals surface area contributed by atoms with Crippen LogP contribution < -0.4 is 0 Å². The van der Waals surface area contributed by atoms with Crippen LogP contribution in [0.25, 0.3) is 11.0 Å². The van der Waals surface area contributed by atoms with Crippen LogP contribution in [0, 0.1) is 0 Å². The molecule has 82 valence electrons. The lowest BCUT2D eigenvalue weighted by Crippen LogP contribution is -2.08. The Morgan fingerprint density at radius 2 is 2.06 bits per heavy atom. The summed E-state index contributed by atoms with van der Waals surface area (Å²) in [6.45, 7) is 0. The van der Waals surface area contributed by atoms with Crippen molar-refractivity contribution < 1.29 is 18.7 Å². The highest BCUT2D eigenvalue weighted by Crippen LogP contribution is 2.19. The quantitative estimate of drug-likeness (QED) is 0.450. The van der Waals surface area contributed by atoms with Gasteiger partial charge in [0.1, 0.15) is 12.0 Å². The van der Waals surface area contributed by atoms with Gasteiger partial charge in [-0.05, 0) is 12.1 Å². The molecule has 0 saturated heterocycles. The highest BCUT2D eigenvalue weighted by atomic mass is 16.5. The van der Waals surface area contributed by atoms with Crippen LogP contribution in [0.1, 0.15) is 17.0 Å². The fourth-order valence-corrected chi connectivity index (χ4v) is 1.41. The average Bonchev–Trinajstić information content (AvgIpc) is 2.72. The van der Waals surface area contributed by atoms with Crippen LogP contribution in [-0.2, 0) is 9.53 Å². The molecule has 0 fully saturated rings. The number of fused-ring (bicyclic) bond motifs is 1. The zero-order valence-corrected chi connectivity index (χ0v) is 8.73. The summed E-state index contributed by atoms with van der Waals surface area (Å²) in [6, 6.07) is 8.91. The van der Waals surface area contributed by atoms with Crippen LogP contribution in [0.3, 0.4) is 0 Å². The first kappa shape index (κ1) is 10.4. The average molecular weight is 218 g/mol. The van der Waals surface area contributed by atoms with Gasteiger partial charge in [-0.15, -0.1) is 0 Å². The SMILES string of the molecule is COC(=O)CC(=O)c1cc2ccccc2o1. The van der Waals surface area contributed by atoms with Crippen molar-refractivity contribution in [3.05, 3.63) is 36.1 Å². The van der Waals surface area contributed by atoms with Gasteiger partial charge in [-0.3, -0.25) is 9.59 Å². The molecule has 0 saturated carbocycles. The number of carbonyl (C=O) groups is 2. The van der Waals surface area contributed by atoms with E-state index in [-0.39, 0.29) is 18.0 Å². The van der Waals surface area contributed by atoms with Gasteiger partial charge in [0.15, 0.2) is 5.76 Å². The topological polar surface area (TPSA) is 56.5 Å². The molecule has 1 aromatic heterocycles. The lowest BCUT2D eigenvalue weighted by atomic mass is 10.2. The molecule has 0 bridgehead atoms. The molecule has 0 unspecified atom stereocenters. The van der Waals surface area contributed by atoms with Crippen molar-refractivity contribution in [3.63, 3.8) is 0 Å². The summed E-state index contributed by atoms with van der Waals surface area (Å²) in [4.78, 5) is 22.5. The van der Waals surface area contributed by atoms with Crippen LogP contribution in [0.4, 0.5) is 0 Å². The number of ether oxygens (including phenoxy) is 1. The molecule has 16 heavy (non-hydrogen) atoms. The fraction of sp³-hybridized carbons (Fsp3) is 0.167. The number of benzene rings is 1. The van der Waals surface area contributed by atoms with Crippen LogP contribution >= 0.6 is 0 Å². The second-order valence-electron chi connectivity index (χ2n) is 3.32. The molecule has 2 rings (SSSR count). The third kappa shape index (κ3) is 1.95. The van der Waals surface area contributed by atoms with E-state index in [0.717, 1.165) is 5.39 Å². The predicted molar refractivity (Wildman–Crippen MR) is 57.2 cm³/mol. The first-order chi connectivity index (χ1) is 7.70. The molecule has 0 amide bonds. The largest absolute Gasteiger partial charge is 0.469 e. The Kier molecular flexibility index (Phi) is 2.72. The summed E-state index contributed by atoms with van der Waals surface area (Å²) >= 11 is 0. The van der Waals surface area contributed by atoms with Crippen molar-refractivity contribution >= 4 is 22.7 Å². The number of hydrogen-bond acceptors (Lipinski definition) is 4. The highest BCUT2D eigenvalue weighted by Gasteiger charge is 2.16. The van der Waals surface area contributed by atoms with Gasteiger partial charge in [0.05, 0.1) is 7.11 Å². The predicted octanol–water partition coefficient (Wildman–Crippen LogP) is 2.18. The maximum atomic E-state index is 11.6. The number of methoxy groups -OCH3 is 1. The van der Waals surface area contributed by atoms with E-state index in [1.165, 1.54) is 7.11 Å². The Morgan fingerprint density at radius 1 is 1.31 bits per heavy atom. The Hall–Kier alpha value is -2.10. The normalized spacial score (nSPS) is 10.3. The molecule has 0 aliphatic carbocycles. The van der Waals surface area contributed by atoms with Crippen molar-refractivity contribution in [2.24, 2.45) is 0 Å². The van der Waals surface area contributed by atoms with Crippen molar-refractivity contribution in [2.75, 3.05) is 7.11 Å². The Balaban J connectivity index is 2.26. The minimum Gasteiger partial charge on any atom is -0.469 e. The molecule has 4 nitrogen and oxygen atoms in total. The molecule has 0 N–H and O–H groups in total. The van der Waals surface area contributed by atoms with Crippen molar-refractivity contribution in [2.45, 2.75) is 6.42 Å². The minimum absolute atomic E-state index is 0.187. The van der Waals surface area contributed by atoms with Gasteiger partial charge in [-0.1, -0.05) is 18.2 Å².